The number of para-hydroxylation sites is 2. The van der Waals surface area contributed by atoms with Crippen LogP contribution in [0.25, 0.3) is 43.9 Å². The van der Waals surface area contributed by atoms with Crippen molar-refractivity contribution < 1.29 is 63.2 Å². The number of aryl methyl sites for hydroxylation is 4. The number of ether oxygens (including phenoxy) is 7. The van der Waals surface area contributed by atoms with Gasteiger partial charge in [-0.1, -0.05) is 87.1 Å². The molecule has 2 aliphatic rings. The van der Waals surface area contributed by atoms with Gasteiger partial charge >= 0.3 is 0 Å². The second-order valence-corrected chi connectivity index (χ2v) is 23.0. The van der Waals surface area contributed by atoms with Crippen molar-refractivity contribution in [2.75, 3.05) is 45.5 Å². The number of benzene rings is 4. The molecule has 12 N–H and O–H groups in total. The summed E-state index contributed by atoms with van der Waals surface area (Å²) in [4.78, 5) is 45.3. The van der Waals surface area contributed by atoms with E-state index in [1.807, 2.05) is 68.4 Å². The average molecular weight is 1260 g/mol. The Morgan fingerprint density at radius 1 is 0.696 bits per heavy atom. The Morgan fingerprint density at radius 2 is 1.22 bits per heavy atom. The smallest absolute Gasteiger partial charge is 0.252 e. The van der Waals surface area contributed by atoms with Gasteiger partial charge in [-0.25, -0.2) is 19.9 Å². The third kappa shape index (κ3) is 14.6. The molecule has 0 saturated carbocycles. The van der Waals surface area contributed by atoms with Crippen LogP contribution in [-0.4, -0.2) is 157 Å². The number of pyridine rings is 2. The van der Waals surface area contributed by atoms with Crippen molar-refractivity contribution in [1.29, 1.82) is 0 Å². The molecule has 10 rings (SSSR count). The average Bonchev–Trinajstić information content (AvgIpc) is 1.57. The molecule has 10 atom stereocenters. The van der Waals surface area contributed by atoms with E-state index >= 15 is 0 Å². The third-order valence-electron chi connectivity index (χ3n) is 16.5. The van der Waals surface area contributed by atoms with Crippen molar-refractivity contribution in [2.45, 2.75) is 161 Å². The number of nitrogens with one attached hydrogen (secondary N) is 2. The molecular weight excluding hydrogens is 1180 g/mol. The number of unbranched alkanes of at least 4 members (excludes halogenated alkanes) is 2. The lowest BCUT2D eigenvalue weighted by atomic mass is 9.95. The van der Waals surface area contributed by atoms with Crippen molar-refractivity contribution in [1.82, 2.24) is 39.7 Å². The number of rotatable bonds is 24. The Labute approximate surface area is 534 Å². The minimum atomic E-state index is -1.78. The van der Waals surface area contributed by atoms with Crippen LogP contribution in [0.2, 0.25) is 0 Å². The van der Waals surface area contributed by atoms with Gasteiger partial charge in [0.15, 0.2) is 30.3 Å². The number of carbonyl (C=O) groups is 2. The number of amides is 2. The predicted molar refractivity (Wildman–Crippen MR) is 348 cm³/mol. The highest BCUT2D eigenvalue weighted by molar-refractivity contribution is 6.07. The Hall–Kier alpha value is -8.50. The molecule has 0 spiro atoms. The van der Waals surface area contributed by atoms with E-state index in [9.17, 15) is 30.0 Å². The van der Waals surface area contributed by atoms with Crippen LogP contribution >= 0.6 is 0 Å². The fourth-order valence-electron chi connectivity index (χ4n) is 12.2. The van der Waals surface area contributed by atoms with Gasteiger partial charge in [-0.05, 0) is 73.2 Å². The lowest BCUT2D eigenvalue weighted by molar-refractivity contribution is -0.338. The van der Waals surface area contributed by atoms with Gasteiger partial charge in [0, 0.05) is 82.1 Å². The number of aliphatic hydroxyl groups is 4. The van der Waals surface area contributed by atoms with E-state index in [-0.39, 0.29) is 19.8 Å². The highest BCUT2D eigenvalue weighted by Crippen LogP contribution is 2.36. The zero-order valence-electron chi connectivity index (χ0n) is 52.9. The number of hydrogen-bond donors (Lipinski definition) is 9. The minimum Gasteiger partial charge on any atom is -0.480 e. The molecule has 488 valence electrons. The van der Waals surface area contributed by atoms with Crippen LogP contribution in [0.1, 0.15) is 91.5 Å². The number of fused-ring (bicyclic) bond motifs is 6. The zero-order chi connectivity index (χ0) is 65.9. The number of carbonyl (C=O) groups excluding carboxylic acids is 2. The Bertz CT molecular complexity index is 4010. The van der Waals surface area contributed by atoms with E-state index in [1.54, 1.807) is 0 Å². The molecule has 2 amide bonds. The first-order valence-electron chi connectivity index (χ1n) is 30.8. The van der Waals surface area contributed by atoms with Crippen LogP contribution < -0.4 is 37.3 Å². The molecule has 8 aromatic rings. The molecular formula is C68H83N11O13. The maximum Gasteiger partial charge on any atom is 0.252 e. The quantitative estimate of drug-likeness (QED) is 0.0363. The number of hydrogen-bond acceptors (Lipinski definition) is 20. The first-order valence-corrected chi connectivity index (χ1v) is 30.8. The predicted octanol–water partition coefficient (Wildman–Crippen LogP) is 4.91. The molecule has 2 fully saturated rings. The summed E-state index contributed by atoms with van der Waals surface area (Å²) < 4.78 is 44.6. The third-order valence-corrected chi connectivity index (χ3v) is 16.5. The first-order chi connectivity index (χ1) is 44.4. The van der Waals surface area contributed by atoms with E-state index < -0.39 is 79.8 Å². The molecule has 4 aromatic carbocycles. The molecule has 2 saturated heterocycles. The summed E-state index contributed by atoms with van der Waals surface area (Å²) in [5.41, 5.74) is 29.0. The zero-order valence-corrected chi connectivity index (χ0v) is 52.9. The summed E-state index contributed by atoms with van der Waals surface area (Å²) in [7, 11) is 2.54. The van der Waals surface area contributed by atoms with Crippen LogP contribution in [0.3, 0.4) is 0 Å². The number of terminal acetylenes is 2. The lowest BCUT2D eigenvalue weighted by Gasteiger charge is -2.47. The molecule has 24 nitrogen and oxygen atoms in total. The van der Waals surface area contributed by atoms with Crippen molar-refractivity contribution in [3.63, 3.8) is 0 Å². The number of nitrogens with two attached hydrogens (primary N) is 3. The molecule has 24 heteroatoms. The van der Waals surface area contributed by atoms with Gasteiger partial charge < -0.3 is 90.6 Å². The highest BCUT2D eigenvalue weighted by Gasteiger charge is 2.53. The lowest BCUT2D eigenvalue weighted by Crippen LogP contribution is -2.68. The van der Waals surface area contributed by atoms with Gasteiger partial charge in [0.05, 0.1) is 28.7 Å². The topological polar surface area (TPSA) is 343 Å². The van der Waals surface area contributed by atoms with Crippen LogP contribution in [0, 0.1) is 38.5 Å². The van der Waals surface area contributed by atoms with Crippen LogP contribution in [0.5, 0.6) is 11.5 Å². The fraction of sp³-hybridized carbons (Fsp3) is 0.441. The van der Waals surface area contributed by atoms with Gasteiger partial charge in [0.2, 0.25) is 5.91 Å². The highest BCUT2D eigenvalue weighted by atomic mass is 16.7. The maximum absolute atomic E-state index is 14.1. The second-order valence-electron chi connectivity index (χ2n) is 23.0. The minimum absolute atomic E-state index is 0.0358. The summed E-state index contributed by atoms with van der Waals surface area (Å²) in [6, 6.07) is 22.8. The summed E-state index contributed by atoms with van der Waals surface area (Å²) in [6.07, 6.45) is 3.06. The second kappa shape index (κ2) is 30.7. The standard InChI is InChI=1S/C42H54N6O12.C26H29N5O/c1-7-9-14-28-47-29-31(25-12-10-11-13-26(25)46-39(29)43)48(28)19-23-16-21(3)35(57-15-8-2)24(17-23)18-44-40(54)38-37(55-5)33(52)34(53)42(60-38)59-36-30(45-22(4)50)41(56-6)58-27(20-49)32(36)51;1-4-6-11-22-30-23-24(20-9-7-8-10-21(20)29-26(23)28)31(22)16-18-13-17(3)25(32-12-5-2)19(14-18)15-27/h2,10-13,16-17,27,30,32-34,36-38,41-42,49,51-53H,7,9,14-15,18-20H2,1,3-6H3,(H2,43,46)(H,44,54)(H,45,50);2,7-10,13-14H,4,6,11-12,15-16,27H2,1,3H3,(H2,28,29). The van der Waals surface area contributed by atoms with Crippen molar-refractivity contribution in [3.8, 4) is 36.2 Å². The fourth-order valence-corrected chi connectivity index (χ4v) is 12.2. The van der Waals surface area contributed by atoms with E-state index in [2.05, 4.69) is 73.6 Å². The maximum atomic E-state index is 14.1. The number of nitrogen functional groups attached to an aromatic ring is 2. The first kappa shape index (κ1) is 67.9. The Morgan fingerprint density at radius 3 is 1.70 bits per heavy atom. The van der Waals surface area contributed by atoms with Crippen LogP contribution in [-0.2, 0) is 72.3 Å². The molecule has 4 aromatic heterocycles. The molecule has 2 aliphatic heterocycles. The van der Waals surface area contributed by atoms with Crippen molar-refractivity contribution >= 4 is 67.3 Å². The van der Waals surface area contributed by atoms with Crippen LogP contribution in [0.15, 0.2) is 72.8 Å². The molecule has 0 radical (unpaired) electrons. The number of imidazole rings is 2. The van der Waals surface area contributed by atoms with Gasteiger partial charge in [0.25, 0.3) is 5.91 Å². The van der Waals surface area contributed by atoms with E-state index in [4.69, 9.17) is 73.2 Å². The SMILES string of the molecule is C#CCOc1c(C)cc(Cn2c(CCCC)nc3c(N)nc4ccccc4c32)cc1CN.C#CCOc1c(C)cc(Cn2c(CCCC)nc3c(N)nc4ccccc4c32)cc1CNC(=O)C1OC(OC2C(O)C(CO)OC(OC)C2NC(C)=O)C(O)C(O)C1OC. The van der Waals surface area contributed by atoms with Crippen molar-refractivity contribution in [3.05, 3.63) is 118 Å². The van der Waals surface area contributed by atoms with Gasteiger partial charge in [-0.3, -0.25) is 9.59 Å². The molecule has 0 aliphatic carbocycles. The van der Waals surface area contributed by atoms with Gasteiger partial charge in [0.1, 0.15) is 90.1 Å². The normalized spacial score (nSPS) is 21.4. The van der Waals surface area contributed by atoms with E-state index in [0.717, 1.165) is 116 Å². The van der Waals surface area contributed by atoms with E-state index in [1.165, 1.54) is 21.1 Å². The van der Waals surface area contributed by atoms with E-state index in [0.29, 0.717) is 54.5 Å². The number of aromatic nitrogens is 6. The molecule has 10 unspecified atom stereocenters. The number of nitrogens with zero attached hydrogens (tertiary/aromatic N) is 6. The van der Waals surface area contributed by atoms with Crippen molar-refractivity contribution in [2.24, 2.45) is 5.73 Å². The summed E-state index contributed by atoms with van der Waals surface area (Å²) in [6.45, 7) is 10.3. The van der Waals surface area contributed by atoms with Gasteiger partial charge in [-0.15, -0.1) is 12.8 Å². The molecule has 92 heavy (non-hydrogen) atoms. The number of anilines is 2. The monoisotopic (exact) mass is 1260 g/mol. The molecule has 6 heterocycles. The Balaban J connectivity index is 0.000000261. The summed E-state index contributed by atoms with van der Waals surface area (Å²) in [5, 5.41) is 50.7. The largest absolute Gasteiger partial charge is 0.480 e. The Kier molecular flexibility index (Phi) is 22.7. The number of aliphatic hydroxyl groups excluding tert-OH is 4. The number of methoxy groups -OCH3 is 2. The summed E-state index contributed by atoms with van der Waals surface area (Å²) in [5.74, 6) is 7.67. The van der Waals surface area contributed by atoms with Gasteiger partial charge in [-0.2, -0.15) is 0 Å². The summed E-state index contributed by atoms with van der Waals surface area (Å²) >= 11 is 0. The van der Waals surface area contributed by atoms with Crippen LogP contribution in [0.4, 0.5) is 11.6 Å². The molecule has 0 bridgehead atoms.